The quantitative estimate of drug-likeness (QED) is 0.879. The lowest BCUT2D eigenvalue weighted by atomic mass is 9.91. The summed E-state index contributed by atoms with van der Waals surface area (Å²) in [5, 5.41) is 2.85. The smallest absolute Gasteiger partial charge is 0.224 e. The van der Waals surface area contributed by atoms with E-state index < -0.39 is 11.6 Å². The molecule has 19 heavy (non-hydrogen) atoms. The third kappa shape index (κ3) is 3.73. The van der Waals surface area contributed by atoms with E-state index in [1.54, 1.807) is 0 Å². The van der Waals surface area contributed by atoms with Gasteiger partial charge in [0.25, 0.3) is 0 Å². The van der Waals surface area contributed by atoms with Crippen LogP contribution in [0.2, 0.25) is 0 Å². The number of nitrogens with two attached hydrogens (primary N) is 1. The second-order valence-electron chi connectivity index (χ2n) is 5.07. The van der Waals surface area contributed by atoms with Gasteiger partial charge in [0.15, 0.2) is 11.6 Å². The Morgan fingerprint density at radius 3 is 2.63 bits per heavy atom. The van der Waals surface area contributed by atoms with Crippen molar-refractivity contribution in [3.05, 3.63) is 35.4 Å². The normalized spacial score (nSPS) is 23.1. The van der Waals surface area contributed by atoms with Gasteiger partial charge < -0.3 is 11.1 Å². The Morgan fingerprint density at radius 2 is 1.95 bits per heavy atom. The first-order valence-electron chi connectivity index (χ1n) is 6.54. The van der Waals surface area contributed by atoms with Gasteiger partial charge in [0.1, 0.15) is 0 Å². The van der Waals surface area contributed by atoms with Gasteiger partial charge in [0.05, 0.1) is 6.42 Å². The molecule has 1 aliphatic carbocycles. The Morgan fingerprint density at radius 1 is 1.26 bits per heavy atom. The van der Waals surface area contributed by atoms with E-state index >= 15 is 0 Å². The number of amides is 1. The molecule has 0 aliphatic heterocycles. The fourth-order valence-corrected chi connectivity index (χ4v) is 2.40. The maximum absolute atomic E-state index is 13.4. The number of carbonyl (C=O) groups excluding carboxylic acids is 1. The van der Waals surface area contributed by atoms with E-state index in [0.29, 0.717) is 0 Å². The van der Waals surface area contributed by atoms with Crippen molar-refractivity contribution in [3.63, 3.8) is 0 Å². The van der Waals surface area contributed by atoms with E-state index in [2.05, 4.69) is 5.32 Å². The van der Waals surface area contributed by atoms with Crippen LogP contribution in [0, 0.1) is 11.6 Å². The molecule has 1 aliphatic rings. The fourth-order valence-electron chi connectivity index (χ4n) is 2.40. The van der Waals surface area contributed by atoms with Gasteiger partial charge >= 0.3 is 0 Å². The molecule has 0 aromatic heterocycles. The summed E-state index contributed by atoms with van der Waals surface area (Å²) in [6, 6.07) is 4.19. The summed E-state index contributed by atoms with van der Waals surface area (Å²) < 4.78 is 26.4. The molecule has 104 valence electrons. The van der Waals surface area contributed by atoms with Crippen molar-refractivity contribution in [2.75, 3.05) is 0 Å². The predicted molar refractivity (Wildman–Crippen MR) is 68.4 cm³/mol. The Labute approximate surface area is 111 Å². The largest absolute Gasteiger partial charge is 0.353 e. The topological polar surface area (TPSA) is 55.1 Å². The number of benzene rings is 1. The van der Waals surface area contributed by atoms with Crippen molar-refractivity contribution in [2.45, 2.75) is 44.2 Å². The van der Waals surface area contributed by atoms with E-state index in [1.807, 2.05) is 0 Å². The standard InChI is InChI=1S/C14H18F2N2O/c15-12-3-1-2-9(14(12)16)8-13(19)18-11-6-4-10(17)5-7-11/h1-3,10-11H,4-8,17H2,(H,18,19). The zero-order chi connectivity index (χ0) is 13.8. The highest BCUT2D eigenvalue weighted by atomic mass is 19.2. The monoisotopic (exact) mass is 268 g/mol. The van der Waals surface area contributed by atoms with Gasteiger partial charge in [-0.25, -0.2) is 8.78 Å². The van der Waals surface area contributed by atoms with Crippen LogP contribution in [0.1, 0.15) is 31.2 Å². The molecule has 0 unspecified atom stereocenters. The van der Waals surface area contributed by atoms with Gasteiger partial charge in [0.2, 0.25) is 5.91 Å². The van der Waals surface area contributed by atoms with E-state index in [-0.39, 0.29) is 30.0 Å². The van der Waals surface area contributed by atoms with Crippen LogP contribution >= 0.6 is 0 Å². The fraction of sp³-hybridized carbons (Fsp3) is 0.500. The minimum atomic E-state index is -0.941. The number of rotatable bonds is 3. The van der Waals surface area contributed by atoms with Crippen molar-refractivity contribution in [1.82, 2.24) is 5.32 Å². The van der Waals surface area contributed by atoms with Crippen LogP contribution < -0.4 is 11.1 Å². The Hall–Kier alpha value is -1.49. The Bertz CT molecular complexity index is 457. The number of nitrogens with one attached hydrogen (secondary N) is 1. The van der Waals surface area contributed by atoms with Gasteiger partial charge in [0, 0.05) is 17.6 Å². The highest BCUT2D eigenvalue weighted by Gasteiger charge is 2.20. The molecule has 0 saturated heterocycles. The lowest BCUT2D eigenvalue weighted by Gasteiger charge is -2.26. The SMILES string of the molecule is NC1CCC(NC(=O)Cc2cccc(F)c2F)CC1. The Kier molecular flexibility index (Phi) is 4.47. The zero-order valence-corrected chi connectivity index (χ0v) is 10.7. The summed E-state index contributed by atoms with van der Waals surface area (Å²) in [4.78, 5) is 11.8. The highest BCUT2D eigenvalue weighted by molar-refractivity contribution is 5.78. The molecule has 1 amide bonds. The molecule has 0 atom stereocenters. The first kappa shape index (κ1) is 13.9. The number of hydrogen-bond acceptors (Lipinski definition) is 2. The summed E-state index contributed by atoms with van der Waals surface area (Å²) in [5.74, 6) is -2.14. The second-order valence-corrected chi connectivity index (χ2v) is 5.07. The third-order valence-electron chi connectivity index (χ3n) is 3.52. The minimum absolute atomic E-state index is 0.0880. The molecule has 1 aromatic carbocycles. The van der Waals surface area contributed by atoms with E-state index in [4.69, 9.17) is 5.73 Å². The molecular weight excluding hydrogens is 250 g/mol. The van der Waals surface area contributed by atoms with Crippen LogP contribution in [0.3, 0.4) is 0 Å². The van der Waals surface area contributed by atoms with Gasteiger partial charge in [-0.15, -0.1) is 0 Å². The third-order valence-corrected chi connectivity index (χ3v) is 3.52. The predicted octanol–water partition coefficient (Wildman–Crippen LogP) is 1.89. The zero-order valence-electron chi connectivity index (χ0n) is 10.7. The van der Waals surface area contributed by atoms with Crippen LogP contribution in [-0.4, -0.2) is 18.0 Å². The van der Waals surface area contributed by atoms with Crippen LogP contribution in [0.15, 0.2) is 18.2 Å². The van der Waals surface area contributed by atoms with Crippen LogP contribution in [0.25, 0.3) is 0 Å². The van der Waals surface area contributed by atoms with Gasteiger partial charge in [-0.2, -0.15) is 0 Å². The molecule has 0 radical (unpaired) electrons. The molecule has 0 bridgehead atoms. The molecule has 0 spiro atoms. The maximum atomic E-state index is 13.4. The first-order chi connectivity index (χ1) is 9.06. The van der Waals surface area contributed by atoms with Crippen molar-refractivity contribution in [1.29, 1.82) is 0 Å². The minimum Gasteiger partial charge on any atom is -0.353 e. The van der Waals surface area contributed by atoms with Gasteiger partial charge in [-0.1, -0.05) is 12.1 Å². The molecule has 2 rings (SSSR count). The highest BCUT2D eigenvalue weighted by Crippen LogP contribution is 2.17. The number of halogens is 2. The molecule has 5 heteroatoms. The molecule has 3 N–H and O–H groups in total. The van der Waals surface area contributed by atoms with Crippen molar-refractivity contribution in [2.24, 2.45) is 5.73 Å². The second kappa shape index (κ2) is 6.10. The number of carbonyl (C=O) groups is 1. The van der Waals surface area contributed by atoms with Crippen LogP contribution in [0.5, 0.6) is 0 Å². The van der Waals surface area contributed by atoms with Crippen LogP contribution in [-0.2, 0) is 11.2 Å². The maximum Gasteiger partial charge on any atom is 0.224 e. The summed E-state index contributed by atoms with van der Waals surface area (Å²) in [5.41, 5.74) is 5.87. The van der Waals surface area contributed by atoms with Crippen molar-refractivity contribution in [3.8, 4) is 0 Å². The van der Waals surface area contributed by atoms with E-state index in [9.17, 15) is 13.6 Å². The molecule has 3 nitrogen and oxygen atoms in total. The molecular formula is C14H18F2N2O. The average Bonchev–Trinajstić information content (AvgIpc) is 2.38. The molecule has 1 fully saturated rings. The van der Waals surface area contributed by atoms with Crippen LogP contribution in [0.4, 0.5) is 8.78 Å². The summed E-state index contributed by atoms with van der Waals surface area (Å²) in [7, 11) is 0. The Balaban J connectivity index is 1.89. The average molecular weight is 268 g/mol. The summed E-state index contributed by atoms with van der Waals surface area (Å²) >= 11 is 0. The van der Waals surface area contributed by atoms with Crippen molar-refractivity contribution >= 4 is 5.91 Å². The van der Waals surface area contributed by atoms with Gasteiger partial charge in [-0.05, 0) is 31.7 Å². The molecule has 1 aromatic rings. The van der Waals surface area contributed by atoms with Gasteiger partial charge in [-0.3, -0.25) is 4.79 Å². The number of hydrogen-bond donors (Lipinski definition) is 2. The van der Waals surface area contributed by atoms with E-state index in [1.165, 1.54) is 12.1 Å². The lowest BCUT2D eigenvalue weighted by Crippen LogP contribution is -2.41. The molecule has 1 saturated carbocycles. The van der Waals surface area contributed by atoms with E-state index in [0.717, 1.165) is 31.7 Å². The summed E-state index contributed by atoms with van der Waals surface area (Å²) in [6.07, 6.45) is 3.34. The van der Waals surface area contributed by atoms with Crippen molar-refractivity contribution < 1.29 is 13.6 Å². The molecule has 0 heterocycles. The first-order valence-corrected chi connectivity index (χ1v) is 6.54. The lowest BCUT2D eigenvalue weighted by molar-refractivity contribution is -0.121. The summed E-state index contributed by atoms with van der Waals surface area (Å²) in [6.45, 7) is 0.